The van der Waals surface area contributed by atoms with Crippen LogP contribution < -0.4 is 10.6 Å². The molecule has 1 aromatic rings. The van der Waals surface area contributed by atoms with Gasteiger partial charge in [0.05, 0.1) is 6.20 Å². The smallest absolute Gasteiger partial charge is 0.325 e. The average molecular weight is 344 g/mol. The molecule has 1 amide bonds. The fourth-order valence-electron chi connectivity index (χ4n) is 2.51. The van der Waals surface area contributed by atoms with Gasteiger partial charge in [-0.2, -0.15) is 5.10 Å². The van der Waals surface area contributed by atoms with E-state index in [4.69, 9.17) is 4.74 Å². The van der Waals surface area contributed by atoms with Crippen molar-refractivity contribution < 1.29 is 23.1 Å². The number of esters is 1. The second-order valence-electron chi connectivity index (χ2n) is 6.80. The minimum absolute atomic E-state index is 0.121. The van der Waals surface area contributed by atoms with Crippen molar-refractivity contribution in [1.82, 2.24) is 15.1 Å². The summed E-state index contributed by atoms with van der Waals surface area (Å²) < 4.78 is 32.5. The van der Waals surface area contributed by atoms with Crippen LogP contribution in [0.3, 0.4) is 0 Å². The summed E-state index contributed by atoms with van der Waals surface area (Å²) in [4.78, 5) is 23.9. The number of rotatable bonds is 4. The third-order valence-corrected chi connectivity index (χ3v) is 3.44. The van der Waals surface area contributed by atoms with E-state index in [1.165, 1.54) is 6.20 Å². The maximum Gasteiger partial charge on any atom is 0.325 e. The molecule has 0 unspecified atom stereocenters. The Labute approximate surface area is 138 Å². The summed E-state index contributed by atoms with van der Waals surface area (Å²) in [7, 11) is 0. The summed E-state index contributed by atoms with van der Waals surface area (Å²) >= 11 is 0. The molecule has 134 valence electrons. The minimum Gasteiger partial charge on any atom is -0.459 e. The molecule has 0 radical (unpaired) electrons. The Hall–Kier alpha value is -2.19. The van der Waals surface area contributed by atoms with E-state index in [9.17, 15) is 18.4 Å². The number of ether oxygens (including phenoxy) is 1. The van der Waals surface area contributed by atoms with Gasteiger partial charge >= 0.3 is 5.97 Å². The number of nitrogens with one attached hydrogen (secondary N) is 2. The number of halogens is 2. The molecule has 7 nitrogen and oxygen atoms in total. The van der Waals surface area contributed by atoms with Gasteiger partial charge in [-0.25, -0.2) is 13.5 Å². The van der Waals surface area contributed by atoms with Crippen molar-refractivity contribution in [1.29, 1.82) is 0 Å². The quantitative estimate of drug-likeness (QED) is 0.816. The van der Waals surface area contributed by atoms with E-state index in [1.54, 1.807) is 27.7 Å². The van der Waals surface area contributed by atoms with Crippen molar-refractivity contribution in [3.8, 4) is 0 Å². The monoisotopic (exact) mass is 344 g/mol. The molecule has 0 spiro atoms. The molecule has 2 heterocycles. The second-order valence-corrected chi connectivity index (χ2v) is 6.80. The average Bonchev–Trinajstić information content (AvgIpc) is 2.85. The van der Waals surface area contributed by atoms with Crippen LogP contribution in [0.5, 0.6) is 0 Å². The van der Waals surface area contributed by atoms with Crippen molar-refractivity contribution in [2.24, 2.45) is 0 Å². The molecule has 1 aliphatic heterocycles. The van der Waals surface area contributed by atoms with Gasteiger partial charge in [0.1, 0.15) is 29.6 Å². The molecule has 2 N–H and O–H groups in total. The van der Waals surface area contributed by atoms with E-state index in [1.807, 2.05) is 0 Å². The van der Waals surface area contributed by atoms with E-state index in [0.29, 0.717) is 0 Å². The van der Waals surface area contributed by atoms with Gasteiger partial charge in [0, 0.05) is 6.04 Å². The maximum absolute atomic E-state index is 13.1. The number of anilines is 1. The number of amides is 1. The van der Waals surface area contributed by atoms with Crippen molar-refractivity contribution in [3.63, 3.8) is 0 Å². The van der Waals surface area contributed by atoms with Gasteiger partial charge in [0.2, 0.25) is 0 Å². The van der Waals surface area contributed by atoms with Crippen molar-refractivity contribution in [2.45, 2.75) is 58.2 Å². The number of carbonyl (C=O) groups excluding carboxylic acids is 2. The molecule has 0 aliphatic carbocycles. The van der Waals surface area contributed by atoms with E-state index in [2.05, 4.69) is 15.7 Å². The largest absolute Gasteiger partial charge is 0.459 e. The SMILES string of the molecule is C[C@@H]1C[C@H](C(F)F)n2ncc(C(=O)NCC(=O)OC(C)(C)C)c2N1. The summed E-state index contributed by atoms with van der Waals surface area (Å²) in [6.07, 6.45) is -1.14. The highest BCUT2D eigenvalue weighted by Gasteiger charge is 2.34. The highest BCUT2D eigenvalue weighted by atomic mass is 19.3. The Bertz CT molecular complexity index is 625. The van der Waals surface area contributed by atoms with E-state index in [0.717, 1.165) is 4.68 Å². The first-order chi connectivity index (χ1) is 11.1. The van der Waals surface area contributed by atoms with Gasteiger partial charge in [-0.3, -0.25) is 9.59 Å². The van der Waals surface area contributed by atoms with Gasteiger partial charge in [0.15, 0.2) is 0 Å². The fraction of sp³-hybridized carbons (Fsp3) is 0.667. The van der Waals surface area contributed by atoms with Crippen LogP contribution in [0.4, 0.5) is 14.6 Å². The van der Waals surface area contributed by atoms with Crippen LogP contribution >= 0.6 is 0 Å². The fourth-order valence-corrected chi connectivity index (χ4v) is 2.51. The van der Waals surface area contributed by atoms with E-state index < -0.39 is 29.9 Å². The molecule has 0 saturated heterocycles. The van der Waals surface area contributed by atoms with Gasteiger partial charge in [-0.1, -0.05) is 0 Å². The predicted octanol–water partition coefficient (Wildman–Crippen LogP) is 1.96. The number of fused-ring (bicyclic) bond motifs is 1. The van der Waals surface area contributed by atoms with Crippen LogP contribution in [-0.4, -0.2) is 46.3 Å². The maximum atomic E-state index is 13.1. The molecular formula is C15H22F2N4O3. The lowest BCUT2D eigenvalue weighted by atomic mass is 10.1. The molecular weight excluding hydrogens is 322 g/mol. The molecule has 24 heavy (non-hydrogen) atoms. The number of aromatic nitrogens is 2. The molecule has 2 atom stereocenters. The Morgan fingerprint density at radius 3 is 2.75 bits per heavy atom. The first-order valence-corrected chi connectivity index (χ1v) is 7.70. The Morgan fingerprint density at radius 2 is 2.17 bits per heavy atom. The number of hydrogen-bond donors (Lipinski definition) is 2. The summed E-state index contributed by atoms with van der Waals surface area (Å²) in [5.74, 6) is -0.916. The zero-order valence-electron chi connectivity index (χ0n) is 14.1. The number of carbonyl (C=O) groups is 2. The lowest BCUT2D eigenvalue weighted by molar-refractivity contribution is -0.153. The van der Waals surface area contributed by atoms with Crippen molar-refractivity contribution in [2.75, 3.05) is 11.9 Å². The third kappa shape index (κ3) is 4.21. The molecule has 0 saturated carbocycles. The standard InChI is InChI=1S/C15H22F2N4O3/c1-8-5-10(12(16)17)21-13(20-8)9(6-19-21)14(23)18-7-11(22)24-15(2,3)4/h6,8,10,12,20H,5,7H2,1-4H3,(H,18,23)/t8-,10-/m1/s1. The van der Waals surface area contributed by atoms with Crippen LogP contribution in [0, 0.1) is 0 Å². The first-order valence-electron chi connectivity index (χ1n) is 7.70. The second kappa shape index (κ2) is 6.74. The number of alkyl halides is 2. The van der Waals surface area contributed by atoms with Crippen molar-refractivity contribution >= 4 is 17.7 Å². The van der Waals surface area contributed by atoms with E-state index >= 15 is 0 Å². The summed E-state index contributed by atoms with van der Waals surface area (Å²) in [6, 6.07) is -1.30. The van der Waals surface area contributed by atoms with Gasteiger partial charge in [-0.15, -0.1) is 0 Å². The Kier molecular flexibility index (Phi) is 5.10. The molecule has 1 aliphatic rings. The summed E-state index contributed by atoms with van der Waals surface area (Å²) in [6.45, 7) is 6.60. The highest BCUT2D eigenvalue weighted by Crippen LogP contribution is 2.33. The van der Waals surface area contributed by atoms with Crippen LogP contribution in [-0.2, 0) is 9.53 Å². The topological polar surface area (TPSA) is 85.2 Å². The molecule has 0 aromatic carbocycles. The van der Waals surface area contributed by atoms with Gasteiger partial charge in [-0.05, 0) is 34.1 Å². The summed E-state index contributed by atoms with van der Waals surface area (Å²) in [5, 5.41) is 9.31. The number of hydrogen-bond acceptors (Lipinski definition) is 5. The predicted molar refractivity (Wildman–Crippen MR) is 83.1 cm³/mol. The molecule has 0 bridgehead atoms. The zero-order valence-corrected chi connectivity index (χ0v) is 14.1. The summed E-state index contributed by atoms with van der Waals surface area (Å²) in [5.41, 5.74) is -0.532. The lowest BCUT2D eigenvalue weighted by Crippen LogP contribution is -2.36. The Morgan fingerprint density at radius 1 is 1.50 bits per heavy atom. The van der Waals surface area contributed by atoms with E-state index in [-0.39, 0.29) is 30.4 Å². The van der Waals surface area contributed by atoms with Crippen LogP contribution in [0.2, 0.25) is 0 Å². The molecule has 1 aromatic heterocycles. The third-order valence-electron chi connectivity index (χ3n) is 3.44. The van der Waals surface area contributed by atoms with Crippen LogP contribution in [0.25, 0.3) is 0 Å². The lowest BCUT2D eigenvalue weighted by Gasteiger charge is -2.30. The molecule has 0 fully saturated rings. The first kappa shape index (κ1) is 18.2. The zero-order chi connectivity index (χ0) is 18.1. The molecule has 9 heteroatoms. The van der Waals surface area contributed by atoms with Gasteiger partial charge in [0.25, 0.3) is 12.3 Å². The van der Waals surface area contributed by atoms with Crippen LogP contribution in [0.15, 0.2) is 6.20 Å². The molecule has 2 rings (SSSR count). The minimum atomic E-state index is -2.58. The normalized spacial score (nSPS) is 20.3. The highest BCUT2D eigenvalue weighted by molar-refractivity contribution is 6.00. The van der Waals surface area contributed by atoms with Crippen molar-refractivity contribution in [3.05, 3.63) is 11.8 Å². The van der Waals surface area contributed by atoms with Gasteiger partial charge < -0.3 is 15.4 Å². The Balaban J connectivity index is 2.08. The van der Waals surface area contributed by atoms with Crippen LogP contribution in [0.1, 0.15) is 50.5 Å². The number of nitrogens with zero attached hydrogens (tertiary/aromatic N) is 2.